The minimum atomic E-state index is -0.313. The normalized spacial score (nSPS) is 11.6. The first kappa shape index (κ1) is 25.6. The van der Waals surface area contributed by atoms with Crippen molar-refractivity contribution >= 4 is 71.5 Å². The van der Waals surface area contributed by atoms with Gasteiger partial charge in [0.15, 0.2) is 5.76 Å². The zero-order chi connectivity index (χ0) is 26.9. The summed E-state index contributed by atoms with van der Waals surface area (Å²) in [4.78, 5) is 18.4. The van der Waals surface area contributed by atoms with E-state index in [1.165, 1.54) is 4.68 Å². The molecule has 39 heavy (non-hydrogen) atoms. The van der Waals surface area contributed by atoms with Gasteiger partial charge in [-0.1, -0.05) is 67.7 Å². The van der Waals surface area contributed by atoms with Crippen molar-refractivity contribution in [1.82, 2.24) is 9.66 Å². The summed E-state index contributed by atoms with van der Waals surface area (Å²) < 4.78 is 15.2. The van der Waals surface area contributed by atoms with Crippen molar-refractivity contribution in [3.05, 3.63) is 126 Å². The second-order valence-corrected chi connectivity index (χ2v) is 11.0. The van der Waals surface area contributed by atoms with Gasteiger partial charge in [-0.3, -0.25) is 4.79 Å². The van der Waals surface area contributed by atoms with E-state index in [1.54, 1.807) is 24.4 Å². The monoisotopic (exact) mass is 661 g/mol. The van der Waals surface area contributed by atoms with Crippen molar-refractivity contribution < 1.29 is 9.15 Å². The Morgan fingerprint density at radius 3 is 2.56 bits per heavy atom. The molecular weight excluding hydrogens is 646 g/mol. The minimum absolute atomic E-state index is 0.293. The predicted octanol–water partition coefficient (Wildman–Crippen LogP) is 8.45. The Labute approximate surface area is 244 Å². The molecule has 2 aromatic heterocycles. The van der Waals surface area contributed by atoms with E-state index in [9.17, 15) is 4.79 Å². The number of ether oxygens (including phenoxy) is 1. The van der Waals surface area contributed by atoms with E-state index >= 15 is 0 Å². The zero-order valence-corrected chi connectivity index (χ0v) is 24.1. The molecule has 0 spiro atoms. The maximum atomic E-state index is 13.6. The van der Waals surface area contributed by atoms with Gasteiger partial charge < -0.3 is 9.15 Å². The van der Waals surface area contributed by atoms with E-state index < -0.39 is 0 Å². The number of hydrogen-bond donors (Lipinski definition) is 0. The molecule has 0 aliphatic heterocycles. The standard InChI is InChI=1S/C30H18Br2ClN3O3/c31-21-8-12-27-19(13-21)15-28(39-27)29-35-25-4-2-1-3-24(25)30(37)36(29)34-16-20-14-22(32)7-11-26(20)38-17-18-5-9-23(33)10-6-18/h1-16H,17H2. The Morgan fingerprint density at radius 1 is 0.949 bits per heavy atom. The lowest BCUT2D eigenvalue weighted by Crippen LogP contribution is -2.20. The molecule has 4 aromatic carbocycles. The van der Waals surface area contributed by atoms with Gasteiger partial charge in [0.1, 0.15) is 17.9 Å². The molecule has 0 saturated carbocycles. The molecule has 6 aromatic rings. The van der Waals surface area contributed by atoms with Crippen molar-refractivity contribution in [1.29, 1.82) is 0 Å². The smallest absolute Gasteiger partial charge is 0.282 e. The minimum Gasteiger partial charge on any atom is -0.488 e. The summed E-state index contributed by atoms with van der Waals surface area (Å²) in [5.74, 6) is 1.33. The average molecular weight is 664 g/mol. The molecule has 0 aliphatic carbocycles. The summed E-state index contributed by atoms with van der Waals surface area (Å²) in [7, 11) is 0. The van der Waals surface area contributed by atoms with Crippen LogP contribution in [-0.4, -0.2) is 15.9 Å². The Morgan fingerprint density at radius 2 is 1.72 bits per heavy atom. The van der Waals surface area contributed by atoms with Gasteiger partial charge in [-0.15, -0.1) is 0 Å². The number of furan rings is 1. The van der Waals surface area contributed by atoms with Gasteiger partial charge in [-0.25, -0.2) is 4.98 Å². The van der Waals surface area contributed by atoms with E-state index in [0.29, 0.717) is 51.0 Å². The molecule has 6 rings (SSSR count). The molecule has 9 heteroatoms. The Bertz CT molecular complexity index is 1930. The van der Waals surface area contributed by atoms with Gasteiger partial charge in [0.25, 0.3) is 5.56 Å². The van der Waals surface area contributed by atoms with Crippen molar-refractivity contribution in [2.45, 2.75) is 6.61 Å². The van der Waals surface area contributed by atoms with Gasteiger partial charge >= 0.3 is 0 Å². The van der Waals surface area contributed by atoms with Crippen molar-refractivity contribution in [2.75, 3.05) is 0 Å². The molecule has 0 radical (unpaired) electrons. The number of hydrogen-bond acceptors (Lipinski definition) is 5. The third kappa shape index (κ3) is 5.41. The molecule has 0 atom stereocenters. The van der Waals surface area contributed by atoms with E-state index in [0.717, 1.165) is 19.9 Å². The van der Waals surface area contributed by atoms with Crippen molar-refractivity contribution in [3.8, 4) is 17.3 Å². The van der Waals surface area contributed by atoms with Crippen LogP contribution in [-0.2, 0) is 6.61 Å². The molecule has 2 heterocycles. The lowest BCUT2D eigenvalue weighted by Gasteiger charge is -2.11. The quantitative estimate of drug-likeness (QED) is 0.168. The molecule has 0 unspecified atom stereocenters. The second kappa shape index (κ2) is 10.8. The molecule has 192 valence electrons. The fraction of sp³-hybridized carbons (Fsp3) is 0.0333. The van der Waals surface area contributed by atoms with Crippen LogP contribution in [0.4, 0.5) is 0 Å². The molecule has 0 fully saturated rings. The maximum Gasteiger partial charge on any atom is 0.282 e. The summed E-state index contributed by atoms with van der Waals surface area (Å²) in [6.07, 6.45) is 1.59. The highest BCUT2D eigenvalue weighted by Gasteiger charge is 2.17. The summed E-state index contributed by atoms with van der Waals surface area (Å²) in [5.41, 5.74) is 2.57. The van der Waals surface area contributed by atoms with Crippen LogP contribution in [0.2, 0.25) is 5.02 Å². The number of aromatic nitrogens is 2. The summed E-state index contributed by atoms with van der Waals surface area (Å²) >= 11 is 13.0. The van der Waals surface area contributed by atoms with Crippen LogP contribution in [0.5, 0.6) is 5.75 Å². The lowest BCUT2D eigenvalue weighted by molar-refractivity contribution is 0.305. The van der Waals surface area contributed by atoms with Crippen LogP contribution in [0.3, 0.4) is 0 Å². The van der Waals surface area contributed by atoms with Gasteiger partial charge in [-0.2, -0.15) is 9.78 Å². The number of para-hydroxylation sites is 1. The molecule has 0 bridgehead atoms. The SMILES string of the molecule is O=c1c2ccccc2nc(-c2cc3cc(Br)ccc3o2)n1N=Cc1cc(Br)ccc1OCc1ccc(Cl)cc1. The molecule has 0 aliphatic rings. The highest BCUT2D eigenvalue weighted by atomic mass is 79.9. The lowest BCUT2D eigenvalue weighted by atomic mass is 10.2. The fourth-order valence-electron chi connectivity index (χ4n) is 4.13. The average Bonchev–Trinajstić information content (AvgIpc) is 3.36. The summed E-state index contributed by atoms with van der Waals surface area (Å²) in [6, 6.07) is 27.8. The molecular formula is C30H18Br2ClN3O3. The summed E-state index contributed by atoms with van der Waals surface area (Å²) in [6.45, 7) is 0.344. The predicted molar refractivity (Wildman–Crippen MR) is 162 cm³/mol. The number of fused-ring (bicyclic) bond motifs is 2. The third-order valence-electron chi connectivity index (χ3n) is 6.04. The number of benzene rings is 4. The fourth-order valence-corrected chi connectivity index (χ4v) is 5.01. The first-order valence-corrected chi connectivity index (χ1v) is 13.8. The number of halogens is 3. The van der Waals surface area contributed by atoms with Crippen LogP contribution >= 0.6 is 43.5 Å². The molecule has 0 saturated heterocycles. The highest BCUT2D eigenvalue weighted by molar-refractivity contribution is 9.10. The Kier molecular flexibility index (Phi) is 7.08. The Balaban J connectivity index is 1.44. The van der Waals surface area contributed by atoms with Gasteiger partial charge in [0.2, 0.25) is 5.82 Å². The molecule has 0 N–H and O–H groups in total. The van der Waals surface area contributed by atoms with Crippen LogP contribution in [0, 0.1) is 0 Å². The van der Waals surface area contributed by atoms with Gasteiger partial charge in [0, 0.05) is 24.9 Å². The van der Waals surface area contributed by atoms with Crippen LogP contribution in [0.15, 0.2) is 114 Å². The highest BCUT2D eigenvalue weighted by Crippen LogP contribution is 2.29. The van der Waals surface area contributed by atoms with E-state index in [1.807, 2.05) is 72.8 Å². The van der Waals surface area contributed by atoms with Crippen LogP contribution in [0.25, 0.3) is 33.5 Å². The summed E-state index contributed by atoms with van der Waals surface area (Å²) in [5, 5.41) is 6.58. The zero-order valence-electron chi connectivity index (χ0n) is 20.1. The Hall–Kier alpha value is -3.72. The van der Waals surface area contributed by atoms with Crippen molar-refractivity contribution in [3.63, 3.8) is 0 Å². The maximum absolute atomic E-state index is 13.6. The third-order valence-corrected chi connectivity index (χ3v) is 7.28. The first-order chi connectivity index (χ1) is 18.9. The van der Waals surface area contributed by atoms with Gasteiger partial charge in [-0.05, 0) is 72.3 Å². The molecule has 0 amide bonds. The first-order valence-electron chi connectivity index (χ1n) is 11.9. The molecule has 6 nitrogen and oxygen atoms in total. The number of nitrogens with zero attached hydrogens (tertiary/aromatic N) is 3. The van der Waals surface area contributed by atoms with Crippen LogP contribution in [0.1, 0.15) is 11.1 Å². The topological polar surface area (TPSA) is 69.6 Å². The van der Waals surface area contributed by atoms with Gasteiger partial charge in [0.05, 0.1) is 17.1 Å². The number of rotatable bonds is 6. The van der Waals surface area contributed by atoms with E-state index in [-0.39, 0.29) is 5.56 Å². The largest absolute Gasteiger partial charge is 0.488 e. The van der Waals surface area contributed by atoms with Crippen molar-refractivity contribution in [2.24, 2.45) is 5.10 Å². The second-order valence-electron chi connectivity index (χ2n) is 8.70. The van der Waals surface area contributed by atoms with Crippen LogP contribution < -0.4 is 10.3 Å². The van der Waals surface area contributed by atoms with E-state index in [4.69, 9.17) is 25.7 Å². The van der Waals surface area contributed by atoms with E-state index in [2.05, 4.69) is 37.0 Å².